The van der Waals surface area contributed by atoms with E-state index in [1.807, 2.05) is 0 Å². The van der Waals surface area contributed by atoms with E-state index in [4.69, 9.17) is 11.6 Å². The molecule has 104 valence electrons. The monoisotopic (exact) mass is 294 g/mol. The van der Waals surface area contributed by atoms with Gasteiger partial charge in [-0.3, -0.25) is 9.59 Å². The number of aromatic amines is 1. The van der Waals surface area contributed by atoms with Crippen LogP contribution in [0, 0.1) is 5.82 Å². The Balaban J connectivity index is 1.92. The van der Waals surface area contributed by atoms with E-state index in [1.54, 1.807) is 6.07 Å². The van der Waals surface area contributed by atoms with Crippen LogP contribution in [0.2, 0.25) is 5.02 Å². The summed E-state index contributed by atoms with van der Waals surface area (Å²) < 4.78 is 12.9. The molecule has 1 heterocycles. The molecule has 2 rings (SSSR count). The summed E-state index contributed by atoms with van der Waals surface area (Å²) in [7, 11) is 0. The van der Waals surface area contributed by atoms with Gasteiger partial charge >= 0.3 is 0 Å². The summed E-state index contributed by atoms with van der Waals surface area (Å²) in [6, 6.07) is 6.93. The van der Waals surface area contributed by atoms with E-state index in [1.165, 1.54) is 30.5 Å². The summed E-state index contributed by atoms with van der Waals surface area (Å²) in [5.41, 5.74) is 1.15. The van der Waals surface area contributed by atoms with Gasteiger partial charge in [0.1, 0.15) is 5.82 Å². The van der Waals surface area contributed by atoms with Crippen LogP contribution in [0.25, 0.3) is 0 Å². The minimum absolute atomic E-state index is 0.0719. The van der Waals surface area contributed by atoms with Gasteiger partial charge in [-0.25, -0.2) is 4.39 Å². The maximum absolute atomic E-state index is 12.9. The fourth-order valence-electron chi connectivity index (χ4n) is 1.65. The predicted octanol–water partition coefficient (Wildman–Crippen LogP) is 2.03. The Bertz CT molecular complexity index is 665. The summed E-state index contributed by atoms with van der Waals surface area (Å²) in [5.74, 6) is -0.669. The van der Waals surface area contributed by atoms with E-state index in [0.29, 0.717) is 12.1 Å². The summed E-state index contributed by atoms with van der Waals surface area (Å²) in [6.45, 7) is 0.300. The normalized spacial score (nSPS) is 10.3. The molecular weight excluding hydrogens is 283 g/mol. The first-order valence-electron chi connectivity index (χ1n) is 5.93. The second-order valence-electron chi connectivity index (χ2n) is 4.25. The molecule has 0 radical (unpaired) electrons. The molecule has 1 aromatic carbocycles. The van der Waals surface area contributed by atoms with E-state index < -0.39 is 5.82 Å². The molecule has 0 aliphatic heterocycles. The zero-order valence-corrected chi connectivity index (χ0v) is 11.2. The molecule has 4 nitrogen and oxygen atoms in total. The molecule has 2 N–H and O–H groups in total. The molecule has 20 heavy (non-hydrogen) atoms. The predicted molar refractivity (Wildman–Crippen MR) is 74.0 cm³/mol. The molecule has 1 aromatic heterocycles. The quantitative estimate of drug-likeness (QED) is 0.906. The zero-order chi connectivity index (χ0) is 14.5. The molecule has 0 aliphatic carbocycles. The van der Waals surface area contributed by atoms with Crippen LogP contribution >= 0.6 is 11.6 Å². The molecule has 1 amide bonds. The Morgan fingerprint density at radius 3 is 2.75 bits per heavy atom. The number of halogens is 2. The maximum Gasteiger partial charge on any atom is 0.247 e. The van der Waals surface area contributed by atoms with Crippen molar-refractivity contribution < 1.29 is 9.18 Å². The summed E-state index contributed by atoms with van der Waals surface area (Å²) >= 11 is 5.85. The van der Waals surface area contributed by atoms with Crippen molar-refractivity contribution >= 4 is 17.5 Å². The van der Waals surface area contributed by atoms with E-state index in [0.717, 1.165) is 5.56 Å². The lowest BCUT2D eigenvalue weighted by Crippen LogP contribution is -2.25. The summed E-state index contributed by atoms with van der Waals surface area (Å²) in [4.78, 5) is 25.2. The first-order chi connectivity index (χ1) is 9.54. The van der Waals surface area contributed by atoms with Gasteiger partial charge in [0, 0.05) is 23.8 Å². The number of hydrogen-bond acceptors (Lipinski definition) is 2. The first kappa shape index (κ1) is 14.3. The van der Waals surface area contributed by atoms with Gasteiger partial charge in [-0.1, -0.05) is 23.7 Å². The number of carbonyl (C=O) groups excluding carboxylic acids is 1. The van der Waals surface area contributed by atoms with Gasteiger partial charge in [-0.15, -0.1) is 0 Å². The highest BCUT2D eigenvalue weighted by atomic mass is 35.5. The van der Waals surface area contributed by atoms with Crippen molar-refractivity contribution in [2.45, 2.75) is 13.0 Å². The number of carbonyl (C=O) groups is 1. The molecular formula is C14H12ClFN2O2. The Labute approximate surface area is 119 Å². The van der Waals surface area contributed by atoms with Gasteiger partial charge in [0.2, 0.25) is 11.5 Å². The van der Waals surface area contributed by atoms with Crippen molar-refractivity contribution in [2.75, 3.05) is 0 Å². The van der Waals surface area contributed by atoms with E-state index in [9.17, 15) is 14.0 Å². The highest BCUT2D eigenvalue weighted by molar-refractivity contribution is 6.31. The molecule has 2 aromatic rings. The Morgan fingerprint density at radius 1 is 1.30 bits per heavy atom. The van der Waals surface area contributed by atoms with Crippen molar-refractivity contribution in [1.29, 1.82) is 0 Å². The number of amides is 1. The number of rotatable bonds is 4. The molecule has 0 spiro atoms. The third-order valence-electron chi connectivity index (χ3n) is 2.70. The van der Waals surface area contributed by atoms with E-state index in [-0.39, 0.29) is 22.9 Å². The second kappa shape index (κ2) is 6.34. The topological polar surface area (TPSA) is 62.0 Å². The summed E-state index contributed by atoms with van der Waals surface area (Å²) in [5, 5.41) is 2.92. The lowest BCUT2D eigenvalue weighted by atomic mass is 10.1. The average Bonchev–Trinajstić information content (AvgIpc) is 2.41. The van der Waals surface area contributed by atoms with Crippen molar-refractivity contribution in [3.05, 3.63) is 68.8 Å². The van der Waals surface area contributed by atoms with Gasteiger partial charge in [-0.05, 0) is 23.3 Å². The Hall–Kier alpha value is -2.14. The molecule has 0 unspecified atom stereocenters. The standard InChI is InChI=1S/C14H12ClFN2O2/c15-12-6-11(16)3-2-10(12)5-14(20)18-8-9-1-4-13(19)17-7-9/h1-4,6-7H,5,8H2,(H,17,19)(H,18,20). The van der Waals surface area contributed by atoms with Gasteiger partial charge in [0.25, 0.3) is 0 Å². The van der Waals surface area contributed by atoms with E-state index >= 15 is 0 Å². The van der Waals surface area contributed by atoms with Crippen LogP contribution in [0.3, 0.4) is 0 Å². The molecule has 0 saturated heterocycles. The second-order valence-corrected chi connectivity index (χ2v) is 4.66. The molecule has 0 aliphatic rings. The fraction of sp³-hybridized carbons (Fsp3) is 0.143. The van der Waals surface area contributed by atoms with Crippen LogP contribution in [-0.2, 0) is 17.8 Å². The lowest BCUT2D eigenvalue weighted by molar-refractivity contribution is -0.120. The number of H-pyrrole nitrogens is 1. The number of aromatic nitrogens is 1. The number of nitrogens with one attached hydrogen (secondary N) is 2. The molecule has 6 heteroatoms. The van der Waals surface area contributed by atoms with Crippen LogP contribution in [0.1, 0.15) is 11.1 Å². The Kier molecular flexibility index (Phi) is 4.53. The highest BCUT2D eigenvalue weighted by Crippen LogP contribution is 2.17. The third-order valence-corrected chi connectivity index (χ3v) is 3.06. The highest BCUT2D eigenvalue weighted by Gasteiger charge is 2.07. The largest absolute Gasteiger partial charge is 0.352 e. The number of benzene rings is 1. The van der Waals surface area contributed by atoms with Crippen molar-refractivity contribution in [3.8, 4) is 0 Å². The fourth-order valence-corrected chi connectivity index (χ4v) is 1.89. The molecule has 0 bridgehead atoms. The van der Waals surface area contributed by atoms with Gasteiger partial charge in [0.15, 0.2) is 0 Å². The van der Waals surface area contributed by atoms with Crippen LogP contribution in [0.4, 0.5) is 4.39 Å². The van der Waals surface area contributed by atoms with Crippen LogP contribution in [0.15, 0.2) is 41.3 Å². The lowest BCUT2D eigenvalue weighted by Gasteiger charge is -2.06. The SMILES string of the molecule is O=C(Cc1ccc(F)cc1Cl)NCc1ccc(=O)[nH]c1. The van der Waals surface area contributed by atoms with E-state index in [2.05, 4.69) is 10.3 Å². The zero-order valence-electron chi connectivity index (χ0n) is 10.5. The average molecular weight is 295 g/mol. The van der Waals surface area contributed by atoms with Gasteiger partial charge < -0.3 is 10.3 Å². The van der Waals surface area contributed by atoms with Crippen LogP contribution in [0.5, 0.6) is 0 Å². The molecule has 0 fully saturated rings. The van der Waals surface area contributed by atoms with Gasteiger partial charge in [-0.2, -0.15) is 0 Å². The van der Waals surface area contributed by atoms with Crippen molar-refractivity contribution in [3.63, 3.8) is 0 Å². The van der Waals surface area contributed by atoms with Crippen molar-refractivity contribution in [2.24, 2.45) is 0 Å². The van der Waals surface area contributed by atoms with Gasteiger partial charge in [0.05, 0.1) is 6.42 Å². The number of hydrogen-bond donors (Lipinski definition) is 2. The summed E-state index contributed by atoms with van der Waals surface area (Å²) in [6.07, 6.45) is 1.61. The first-order valence-corrected chi connectivity index (χ1v) is 6.30. The minimum atomic E-state index is -0.438. The van der Waals surface area contributed by atoms with Crippen LogP contribution in [-0.4, -0.2) is 10.9 Å². The smallest absolute Gasteiger partial charge is 0.247 e. The third kappa shape index (κ3) is 3.93. The number of pyridine rings is 1. The Morgan fingerprint density at radius 2 is 2.10 bits per heavy atom. The van der Waals surface area contributed by atoms with Crippen molar-refractivity contribution in [1.82, 2.24) is 10.3 Å². The maximum atomic E-state index is 12.9. The molecule has 0 saturated carbocycles. The molecule has 0 atom stereocenters. The minimum Gasteiger partial charge on any atom is -0.352 e. The van der Waals surface area contributed by atoms with Crippen LogP contribution < -0.4 is 10.9 Å².